The highest BCUT2D eigenvalue weighted by molar-refractivity contribution is 9.10. The van der Waals surface area contributed by atoms with Gasteiger partial charge in [-0.25, -0.2) is 4.39 Å². The Labute approximate surface area is 130 Å². The van der Waals surface area contributed by atoms with Gasteiger partial charge in [0.25, 0.3) is 0 Å². The van der Waals surface area contributed by atoms with Gasteiger partial charge in [0.2, 0.25) is 0 Å². The van der Waals surface area contributed by atoms with E-state index in [1.165, 1.54) is 6.20 Å². The number of halogens is 5. The zero-order chi connectivity index (χ0) is 16.1. The molecule has 0 N–H and O–H groups in total. The maximum atomic E-state index is 13.9. The molecule has 0 unspecified atom stereocenters. The lowest BCUT2D eigenvalue weighted by atomic mass is 10.0. The van der Waals surface area contributed by atoms with Gasteiger partial charge in [-0.05, 0) is 40.9 Å². The van der Waals surface area contributed by atoms with Gasteiger partial charge in [0, 0.05) is 11.5 Å². The van der Waals surface area contributed by atoms with Crippen molar-refractivity contribution in [3.63, 3.8) is 0 Å². The average molecular weight is 378 g/mol. The first kappa shape index (κ1) is 15.2. The quantitative estimate of drug-likeness (QED) is 0.574. The van der Waals surface area contributed by atoms with Crippen LogP contribution in [-0.4, -0.2) is 10.9 Å². The maximum absolute atomic E-state index is 13.9. The van der Waals surface area contributed by atoms with E-state index in [0.29, 0.717) is 11.8 Å². The van der Waals surface area contributed by atoms with Crippen LogP contribution >= 0.6 is 15.9 Å². The second-order valence-electron chi connectivity index (χ2n) is 4.99. The van der Waals surface area contributed by atoms with Gasteiger partial charge in [-0.15, -0.1) is 0 Å². The monoisotopic (exact) mass is 377 g/mol. The van der Waals surface area contributed by atoms with E-state index in [4.69, 9.17) is 4.52 Å². The lowest BCUT2D eigenvalue weighted by Crippen LogP contribution is -2.12. The Kier molecular flexibility index (Phi) is 3.58. The van der Waals surface area contributed by atoms with Crippen molar-refractivity contribution in [3.05, 3.63) is 51.1 Å². The van der Waals surface area contributed by atoms with E-state index in [-0.39, 0.29) is 17.0 Å². The van der Waals surface area contributed by atoms with Crippen molar-refractivity contribution in [3.8, 4) is 0 Å². The summed E-state index contributed by atoms with van der Waals surface area (Å²) in [5.74, 6) is -1.64. The van der Waals surface area contributed by atoms with E-state index in [1.807, 2.05) is 0 Å². The van der Waals surface area contributed by atoms with E-state index in [1.54, 1.807) is 0 Å². The van der Waals surface area contributed by atoms with Gasteiger partial charge in [-0.3, -0.25) is 4.79 Å². The fourth-order valence-electron chi connectivity index (χ4n) is 2.15. The van der Waals surface area contributed by atoms with Crippen LogP contribution < -0.4 is 0 Å². The molecule has 3 rings (SSSR count). The molecule has 1 aromatic carbocycles. The second kappa shape index (κ2) is 5.19. The molecule has 1 heterocycles. The molecule has 3 nitrogen and oxygen atoms in total. The third-order valence-corrected chi connectivity index (χ3v) is 4.20. The lowest BCUT2D eigenvalue weighted by molar-refractivity contribution is -0.140. The van der Waals surface area contributed by atoms with Crippen molar-refractivity contribution in [1.82, 2.24) is 5.16 Å². The van der Waals surface area contributed by atoms with Gasteiger partial charge in [-0.1, -0.05) is 5.16 Å². The Bertz CT molecular complexity index is 750. The minimum atomic E-state index is -4.83. The van der Waals surface area contributed by atoms with E-state index < -0.39 is 27.8 Å². The molecule has 0 amide bonds. The minimum absolute atomic E-state index is 0.0968. The van der Waals surface area contributed by atoms with Crippen LogP contribution in [0.2, 0.25) is 0 Å². The molecule has 0 atom stereocenters. The number of rotatable bonds is 3. The van der Waals surface area contributed by atoms with Gasteiger partial charge in [-0.2, -0.15) is 13.2 Å². The van der Waals surface area contributed by atoms with Crippen molar-refractivity contribution in [2.24, 2.45) is 0 Å². The number of hydrogen-bond donors (Lipinski definition) is 0. The zero-order valence-corrected chi connectivity index (χ0v) is 12.5. The summed E-state index contributed by atoms with van der Waals surface area (Å²) in [7, 11) is 0. The Morgan fingerprint density at radius 1 is 1.27 bits per heavy atom. The third-order valence-electron chi connectivity index (χ3n) is 3.42. The summed E-state index contributed by atoms with van der Waals surface area (Å²) < 4.78 is 56.3. The predicted molar refractivity (Wildman–Crippen MR) is 71.0 cm³/mol. The van der Waals surface area contributed by atoms with E-state index in [2.05, 4.69) is 21.1 Å². The number of benzene rings is 1. The Morgan fingerprint density at radius 2 is 1.95 bits per heavy atom. The lowest BCUT2D eigenvalue weighted by Gasteiger charge is -2.11. The normalized spacial score (nSPS) is 15.1. The second-order valence-corrected chi connectivity index (χ2v) is 5.79. The highest BCUT2D eigenvalue weighted by Crippen LogP contribution is 2.42. The maximum Gasteiger partial charge on any atom is 0.419 e. The van der Waals surface area contributed by atoms with Crippen LogP contribution in [-0.2, 0) is 6.18 Å². The summed E-state index contributed by atoms with van der Waals surface area (Å²) in [6, 6.07) is 1.50. The molecule has 1 aliphatic carbocycles. The Morgan fingerprint density at radius 3 is 2.55 bits per heavy atom. The summed E-state index contributed by atoms with van der Waals surface area (Å²) in [5.41, 5.74) is -1.47. The van der Waals surface area contributed by atoms with Crippen molar-refractivity contribution in [2.75, 3.05) is 0 Å². The first-order valence-corrected chi connectivity index (χ1v) is 7.14. The van der Waals surface area contributed by atoms with Crippen molar-refractivity contribution >= 4 is 21.7 Å². The molecule has 116 valence electrons. The molecule has 1 saturated carbocycles. The summed E-state index contributed by atoms with van der Waals surface area (Å²) >= 11 is 2.74. The molecule has 0 radical (unpaired) electrons. The van der Waals surface area contributed by atoms with Crippen LogP contribution in [0.4, 0.5) is 17.6 Å². The Hall–Kier alpha value is -1.70. The van der Waals surface area contributed by atoms with Crippen molar-refractivity contribution in [1.29, 1.82) is 0 Å². The SMILES string of the molecule is O=C(c1cnoc1C1CC1)c1ccc(C(F)(F)F)c(F)c1Br. The number of alkyl halides is 3. The number of carbonyl (C=O) groups excluding carboxylic acids is 1. The number of hydrogen-bond acceptors (Lipinski definition) is 3. The standard InChI is InChI=1S/C14H8BrF4NO2/c15-10-7(3-4-9(11(10)16)14(17,18)19)12(21)8-5-20-22-13(8)6-1-2-6/h3-6H,1-2H2. The third kappa shape index (κ3) is 2.55. The largest absolute Gasteiger partial charge is 0.419 e. The first-order chi connectivity index (χ1) is 10.3. The molecule has 0 bridgehead atoms. The molecule has 2 aromatic rings. The molecule has 0 aliphatic heterocycles. The van der Waals surface area contributed by atoms with Crippen LogP contribution in [0, 0.1) is 5.82 Å². The number of carbonyl (C=O) groups is 1. The summed E-state index contributed by atoms with van der Waals surface area (Å²) in [4.78, 5) is 12.4. The van der Waals surface area contributed by atoms with E-state index in [9.17, 15) is 22.4 Å². The summed E-state index contributed by atoms with van der Waals surface area (Å²) in [5, 5.41) is 3.55. The number of nitrogens with zero attached hydrogens (tertiary/aromatic N) is 1. The highest BCUT2D eigenvalue weighted by Gasteiger charge is 2.37. The minimum Gasteiger partial charge on any atom is -0.360 e. The summed E-state index contributed by atoms with van der Waals surface area (Å²) in [6.45, 7) is 0. The van der Waals surface area contributed by atoms with Gasteiger partial charge < -0.3 is 4.52 Å². The van der Waals surface area contributed by atoms with Crippen molar-refractivity contribution < 1.29 is 26.9 Å². The zero-order valence-electron chi connectivity index (χ0n) is 10.9. The molecule has 22 heavy (non-hydrogen) atoms. The van der Waals surface area contributed by atoms with Crippen LogP contribution in [0.3, 0.4) is 0 Å². The average Bonchev–Trinajstić information content (AvgIpc) is 3.17. The fraction of sp³-hybridized carbons (Fsp3) is 0.286. The number of aromatic nitrogens is 1. The molecule has 8 heteroatoms. The molecular formula is C14H8BrF4NO2. The van der Waals surface area contributed by atoms with Crippen LogP contribution in [0.25, 0.3) is 0 Å². The molecular weight excluding hydrogens is 370 g/mol. The number of ketones is 1. The Balaban J connectivity index is 2.03. The topological polar surface area (TPSA) is 43.1 Å². The smallest absolute Gasteiger partial charge is 0.360 e. The molecule has 0 saturated heterocycles. The van der Waals surface area contributed by atoms with E-state index in [0.717, 1.165) is 18.9 Å². The van der Waals surface area contributed by atoms with Crippen molar-refractivity contribution in [2.45, 2.75) is 24.9 Å². The predicted octanol–water partition coefficient (Wildman–Crippen LogP) is 4.70. The van der Waals surface area contributed by atoms with Crippen LogP contribution in [0.5, 0.6) is 0 Å². The highest BCUT2D eigenvalue weighted by atomic mass is 79.9. The summed E-state index contributed by atoms with van der Waals surface area (Å²) in [6.07, 6.45) is -1.90. The van der Waals surface area contributed by atoms with Gasteiger partial charge >= 0.3 is 6.18 Å². The van der Waals surface area contributed by atoms with Gasteiger partial charge in [0.15, 0.2) is 11.5 Å². The van der Waals surface area contributed by atoms with Crippen LogP contribution in [0.1, 0.15) is 46.0 Å². The van der Waals surface area contributed by atoms with E-state index >= 15 is 0 Å². The molecule has 1 fully saturated rings. The molecule has 1 aliphatic rings. The first-order valence-electron chi connectivity index (χ1n) is 6.35. The van der Waals surface area contributed by atoms with Gasteiger partial charge in [0.1, 0.15) is 5.82 Å². The molecule has 0 spiro atoms. The molecule has 1 aromatic heterocycles. The van der Waals surface area contributed by atoms with Gasteiger partial charge in [0.05, 0.1) is 21.8 Å². The fourth-order valence-corrected chi connectivity index (χ4v) is 2.67. The van der Waals surface area contributed by atoms with Crippen LogP contribution in [0.15, 0.2) is 27.3 Å².